The molecule has 1 N–H and O–H groups in total. The molecule has 0 aliphatic rings. The van der Waals surface area contributed by atoms with E-state index in [0.29, 0.717) is 11.6 Å². The first-order valence-electron chi connectivity index (χ1n) is 6.27. The Morgan fingerprint density at radius 1 is 1.15 bits per heavy atom. The molecule has 0 saturated carbocycles. The zero-order chi connectivity index (χ0) is 15.6. The van der Waals surface area contributed by atoms with Gasteiger partial charge in [-0.15, -0.1) is 0 Å². The van der Waals surface area contributed by atoms with Gasteiger partial charge in [0, 0.05) is 11.7 Å². The predicted octanol–water partition coefficient (Wildman–Crippen LogP) is 3.83. The fraction of sp³-hybridized carbons (Fsp3) is 0.538. The van der Waals surface area contributed by atoms with E-state index < -0.39 is 20.2 Å². The maximum atomic E-state index is 12.4. The second kappa shape index (κ2) is 6.03. The van der Waals surface area contributed by atoms with Gasteiger partial charge in [0.2, 0.25) is 0 Å². The van der Waals surface area contributed by atoms with Crippen molar-refractivity contribution < 1.29 is 21.6 Å². The van der Waals surface area contributed by atoms with Gasteiger partial charge in [-0.2, -0.15) is 13.2 Å². The van der Waals surface area contributed by atoms with Gasteiger partial charge in [-0.1, -0.05) is 20.8 Å². The zero-order valence-corrected chi connectivity index (χ0v) is 12.3. The summed E-state index contributed by atoms with van der Waals surface area (Å²) >= 11 is 0. The zero-order valence-electron chi connectivity index (χ0n) is 11.5. The van der Waals surface area contributed by atoms with E-state index in [9.17, 15) is 21.6 Å². The largest absolute Gasteiger partial charge is 0.501 e. The molecule has 20 heavy (non-hydrogen) atoms. The molecule has 0 aliphatic heterocycles. The van der Waals surface area contributed by atoms with E-state index in [2.05, 4.69) is 5.32 Å². The molecule has 0 saturated heterocycles. The highest BCUT2D eigenvalue weighted by Gasteiger charge is 2.46. The summed E-state index contributed by atoms with van der Waals surface area (Å²) in [4.78, 5) is -0.742. The molecule has 0 bridgehead atoms. The van der Waals surface area contributed by atoms with Crippen molar-refractivity contribution in [2.45, 2.75) is 43.6 Å². The molecule has 0 radical (unpaired) electrons. The van der Waals surface area contributed by atoms with Gasteiger partial charge in [-0.05, 0) is 36.6 Å². The molecule has 0 aliphatic carbocycles. The van der Waals surface area contributed by atoms with Gasteiger partial charge in [-0.3, -0.25) is 0 Å². The summed E-state index contributed by atoms with van der Waals surface area (Å²) in [6.45, 7) is 6.06. The average molecular weight is 309 g/mol. The van der Waals surface area contributed by atoms with E-state index >= 15 is 0 Å². The number of benzene rings is 1. The fourth-order valence-corrected chi connectivity index (χ4v) is 2.58. The molecule has 7 heteroatoms. The van der Waals surface area contributed by atoms with Crippen LogP contribution in [0.3, 0.4) is 0 Å². The van der Waals surface area contributed by atoms with Crippen molar-refractivity contribution in [1.29, 1.82) is 0 Å². The van der Waals surface area contributed by atoms with Crippen LogP contribution in [0.15, 0.2) is 29.2 Å². The molecule has 1 atom stereocenters. The smallest absolute Gasteiger partial charge is 0.382 e. The number of anilines is 1. The molecule has 0 amide bonds. The molecule has 0 heterocycles. The lowest BCUT2D eigenvalue weighted by molar-refractivity contribution is -0.0436. The second-order valence-electron chi connectivity index (χ2n) is 4.88. The number of halogens is 3. The van der Waals surface area contributed by atoms with Crippen LogP contribution in [0.25, 0.3) is 0 Å². The van der Waals surface area contributed by atoms with Crippen molar-refractivity contribution in [1.82, 2.24) is 0 Å². The van der Waals surface area contributed by atoms with Gasteiger partial charge in [0.1, 0.15) is 0 Å². The third-order valence-corrected chi connectivity index (χ3v) is 4.57. The Morgan fingerprint density at radius 3 is 2.00 bits per heavy atom. The summed E-state index contributed by atoms with van der Waals surface area (Å²) in [5, 5.41) is 3.17. The van der Waals surface area contributed by atoms with Crippen LogP contribution in [0, 0.1) is 5.92 Å². The highest BCUT2D eigenvalue weighted by atomic mass is 32.2. The van der Waals surface area contributed by atoms with Gasteiger partial charge in [0.15, 0.2) is 0 Å². The maximum absolute atomic E-state index is 12.4. The van der Waals surface area contributed by atoms with Crippen molar-refractivity contribution in [3.63, 3.8) is 0 Å². The predicted molar refractivity (Wildman–Crippen MR) is 72.2 cm³/mol. The Labute approximate surface area is 117 Å². The van der Waals surface area contributed by atoms with Gasteiger partial charge >= 0.3 is 5.51 Å². The van der Waals surface area contributed by atoms with E-state index in [1.807, 2.05) is 20.8 Å². The molecular weight excluding hydrogens is 291 g/mol. The number of sulfone groups is 1. The maximum Gasteiger partial charge on any atom is 0.501 e. The third-order valence-electron chi connectivity index (χ3n) is 3.07. The van der Waals surface area contributed by atoms with E-state index in [-0.39, 0.29) is 6.04 Å². The van der Waals surface area contributed by atoms with Crippen LogP contribution in [0.1, 0.15) is 27.2 Å². The fourth-order valence-electron chi connectivity index (χ4n) is 1.82. The Morgan fingerprint density at radius 2 is 1.65 bits per heavy atom. The Kier molecular flexibility index (Phi) is 5.07. The topological polar surface area (TPSA) is 46.2 Å². The number of alkyl halides is 3. The molecule has 0 fully saturated rings. The first kappa shape index (κ1) is 16.8. The van der Waals surface area contributed by atoms with E-state index in [1.54, 1.807) is 0 Å². The number of nitrogens with one attached hydrogen (secondary N) is 1. The summed E-state index contributed by atoms with van der Waals surface area (Å²) in [6.07, 6.45) is 0.861. The summed E-state index contributed by atoms with van der Waals surface area (Å²) in [6, 6.07) is 4.82. The summed E-state index contributed by atoms with van der Waals surface area (Å²) < 4.78 is 59.6. The Bertz CT molecular complexity index is 536. The lowest BCUT2D eigenvalue weighted by Gasteiger charge is -2.22. The highest BCUT2D eigenvalue weighted by Crippen LogP contribution is 2.30. The quantitative estimate of drug-likeness (QED) is 0.899. The van der Waals surface area contributed by atoms with Crippen molar-refractivity contribution in [2.75, 3.05) is 5.32 Å². The van der Waals surface area contributed by atoms with Crippen molar-refractivity contribution >= 4 is 15.5 Å². The standard InChI is InChI=1S/C13H18F3NO2S/c1-4-12(9(2)3)17-10-5-7-11(8-6-10)20(18,19)13(14,15)16/h5-9,12,17H,4H2,1-3H3. The van der Waals surface area contributed by atoms with Crippen LogP contribution < -0.4 is 5.32 Å². The van der Waals surface area contributed by atoms with E-state index in [0.717, 1.165) is 18.6 Å². The van der Waals surface area contributed by atoms with Gasteiger partial charge < -0.3 is 5.32 Å². The van der Waals surface area contributed by atoms with Crippen LogP contribution in [-0.2, 0) is 9.84 Å². The number of hydrogen-bond donors (Lipinski definition) is 1. The number of rotatable bonds is 5. The first-order chi connectivity index (χ1) is 9.09. The summed E-state index contributed by atoms with van der Waals surface area (Å²) in [7, 11) is -5.27. The van der Waals surface area contributed by atoms with Crippen molar-refractivity contribution in [2.24, 2.45) is 5.92 Å². The highest BCUT2D eigenvalue weighted by molar-refractivity contribution is 7.92. The lowest BCUT2D eigenvalue weighted by atomic mass is 10.0. The summed E-state index contributed by atoms with van der Waals surface area (Å²) in [5.74, 6) is 0.360. The van der Waals surface area contributed by atoms with Crippen LogP contribution >= 0.6 is 0 Å². The van der Waals surface area contributed by atoms with E-state index in [1.165, 1.54) is 12.1 Å². The number of hydrogen-bond acceptors (Lipinski definition) is 3. The molecule has 0 aromatic heterocycles. The Balaban J connectivity index is 2.96. The van der Waals surface area contributed by atoms with Crippen molar-refractivity contribution in [3.8, 4) is 0 Å². The normalized spacial score (nSPS) is 14.3. The van der Waals surface area contributed by atoms with Crippen LogP contribution in [-0.4, -0.2) is 20.0 Å². The van der Waals surface area contributed by atoms with E-state index in [4.69, 9.17) is 0 Å². The van der Waals surface area contributed by atoms with Gasteiger partial charge in [-0.25, -0.2) is 8.42 Å². The van der Waals surface area contributed by atoms with Crippen LogP contribution in [0.5, 0.6) is 0 Å². The molecular formula is C13H18F3NO2S. The monoisotopic (exact) mass is 309 g/mol. The molecule has 1 aromatic rings. The molecule has 1 unspecified atom stereocenters. The minimum atomic E-state index is -5.27. The minimum Gasteiger partial charge on any atom is -0.382 e. The van der Waals surface area contributed by atoms with Crippen LogP contribution in [0.4, 0.5) is 18.9 Å². The molecule has 0 spiro atoms. The third kappa shape index (κ3) is 3.65. The van der Waals surface area contributed by atoms with Gasteiger partial charge in [0.05, 0.1) is 4.90 Å². The first-order valence-corrected chi connectivity index (χ1v) is 7.76. The summed E-state index contributed by atoms with van der Waals surface area (Å²) in [5.41, 5.74) is -4.67. The van der Waals surface area contributed by atoms with Crippen LogP contribution in [0.2, 0.25) is 0 Å². The molecule has 1 rings (SSSR count). The second-order valence-corrected chi connectivity index (χ2v) is 6.82. The molecule has 114 valence electrons. The SMILES string of the molecule is CCC(Nc1ccc(S(=O)(=O)C(F)(F)F)cc1)C(C)C. The van der Waals surface area contributed by atoms with Crippen molar-refractivity contribution in [3.05, 3.63) is 24.3 Å². The average Bonchev–Trinajstić information content (AvgIpc) is 2.34. The Hall–Kier alpha value is -1.24. The molecule has 3 nitrogen and oxygen atoms in total. The lowest BCUT2D eigenvalue weighted by Crippen LogP contribution is -2.25. The minimum absolute atomic E-state index is 0.181. The molecule has 1 aromatic carbocycles. The van der Waals surface area contributed by atoms with Gasteiger partial charge in [0.25, 0.3) is 9.84 Å².